The number of benzene rings is 1. The van der Waals surface area contributed by atoms with Gasteiger partial charge in [0.2, 0.25) is 5.91 Å². The molecule has 1 amide bonds. The van der Waals surface area contributed by atoms with E-state index >= 15 is 0 Å². The van der Waals surface area contributed by atoms with Crippen molar-refractivity contribution in [1.29, 1.82) is 5.26 Å². The first-order chi connectivity index (χ1) is 8.11. The van der Waals surface area contributed by atoms with Crippen LogP contribution in [0.4, 0.5) is 5.69 Å². The van der Waals surface area contributed by atoms with E-state index in [2.05, 4.69) is 16.7 Å². The van der Waals surface area contributed by atoms with Crippen LogP contribution in [-0.2, 0) is 4.79 Å². The lowest BCUT2D eigenvalue weighted by molar-refractivity contribution is -0.119. The number of nitrogens with one attached hydrogen (secondary N) is 2. The number of nitriles is 1. The molecule has 1 aromatic carbocycles. The molecular formula is C13H17N3O. The number of anilines is 1. The predicted molar refractivity (Wildman–Crippen MR) is 67.6 cm³/mol. The Morgan fingerprint density at radius 2 is 1.94 bits per heavy atom. The average Bonchev–Trinajstić information content (AvgIpc) is 2.25. The van der Waals surface area contributed by atoms with Crippen molar-refractivity contribution in [3.8, 4) is 6.07 Å². The average molecular weight is 231 g/mol. The second-order valence-corrected chi connectivity index (χ2v) is 3.99. The number of amides is 1. The van der Waals surface area contributed by atoms with E-state index in [-0.39, 0.29) is 12.5 Å². The van der Waals surface area contributed by atoms with Gasteiger partial charge in [-0.15, -0.1) is 0 Å². The van der Waals surface area contributed by atoms with Crippen LogP contribution in [0.1, 0.15) is 17.5 Å². The third-order valence-electron chi connectivity index (χ3n) is 2.23. The monoisotopic (exact) mass is 231 g/mol. The third kappa shape index (κ3) is 5.03. The lowest BCUT2D eigenvalue weighted by Crippen LogP contribution is -2.30. The van der Waals surface area contributed by atoms with Gasteiger partial charge in [0.25, 0.3) is 0 Å². The molecule has 0 fully saturated rings. The molecule has 0 aliphatic carbocycles. The summed E-state index contributed by atoms with van der Waals surface area (Å²) in [6.07, 6.45) is 0.343. The van der Waals surface area contributed by atoms with Crippen molar-refractivity contribution in [2.75, 3.05) is 18.4 Å². The SMILES string of the molecule is Cc1cc(C)cc(NCC(=O)NCCC#N)c1. The topological polar surface area (TPSA) is 64.9 Å². The van der Waals surface area contributed by atoms with Crippen molar-refractivity contribution >= 4 is 11.6 Å². The summed E-state index contributed by atoms with van der Waals surface area (Å²) in [5.41, 5.74) is 3.27. The lowest BCUT2D eigenvalue weighted by Gasteiger charge is -2.08. The summed E-state index contributed by atoms with van der Waals surface area (Å²) in [5, 5.41) is 14.0. The molecule has 0 radical (unpaired) electrons. The van der Waals surface area contributed by atoms with Gasteiger partial charge in [-0.1, -0.05) is 6.07 Å². The van der Waals surface area contributed by atoms with Gasteiger partial charge >= 0.3 is 0 Å². The van der Waals surface area contributed by atoms with Crippen LogP contribution in [0, 0.1) is 25.2 Å². The normalized spacial score (nSPS) is 9.47. The number of carbonyl (C=O) groups is 1. The summed E-state index contributed by atoms with van der Waals surface area (Å²) in [7, 11) is 0. The molecule has 0 aliphatic heterocycles. The van der Waals surface area contributed by atoms with Crippen molar-refractivity contribution in [2.24, 2.45) is 0 Å². The van der Waals surface area contributed by atoms with Crippen LogP contribution in [0.2, 0.25) is 0 Å². The zero-order valence-corrected chi connectivity index (χ0v) is 10.2. The van der Waals surface area contributed by atoms with Crippen molar-refractivity contribution in [3.05, 3.63) is 29.3 Å². The van der Waals surface area contributed by atoms with Crippen LogP contribution < -0.4 is 10.6 Å². The zero-order chi connectivity index (χ0) is 12.7. The minimum Gasteiger partial charge on any atom is -0.376 e. The maximum atomic E-state index is 11.4. The molecule has 4 nitrogen and oxygen atoms in total. The summed E-state index contributed by atoms with van der Waals surface area (Å²) >= 11 is 0. The molecule has 4 heteroatoms. The van der Waals surface area contributed by atoms with Crippen molar-refractivity contribution in [2.45, 2.75) is 20.3 Å². The molecule has 90 valence electrons. The van der Waals surface area contributed by atoms with E-state index in [1.807, 2.05) is 32.0 Å². The minimum absolute atomic E-state index is 0.0978. The van der Waals surface area contributed by atoms with Crippen molar-refractivity contribution in [1.82, 2.24) is 5.32 Å². The third-order valence-corrected chi connectivity index (χ3v) is 2.23. The number of hydrogen-bond donors (Lipinski definition) is 2. The smallest absolute Gasteiger partial charge is 0.239 e. The van der Waals surface area contributed by atoms with Crippen LogP contribution in [-0.4, -0.2) is 19.0 Å². The highest BCUT2D eigenvalue weighted by molar-refractivity contribution is 5.80. The predicted octanol–water partition coefficient (Wildman–Crippen LogP) is 1.75. The quantitative estimate of drug-likeness (QED) is 0.759. The molecular weight excluding hydrogens is 214 g/mol. The molecule has 0 atom stereocenters. The molecule has 2 N–H and O–H groups in total. The van der Waals surface area contributed by atoms with Gasteiger partial charge < -0.3 is 10.6 Å². The van der Waals surface area contributed by atoms with E-state index < -0.39 is 0 Å². The van der Waals surface area contributed by atoms with Crippen LogP contribution in [0.5, 0.6) is 0 Å². The largest absolute Gasteiger partial charge is 0.376 e. The Morgan fingerprint density at radius 3 is 2.53 bits per heavy atom. The van der Waals surface area contributed by atoms with Gasteiger partial charge in [0.05, 0.1) is 19.0 Å². The maximum Gasteiger partial charge on any atom is 0.239 e. The summed E-state index contributed by atoms with van der Waals surface area (Å²) in [6.45, 7) is 4.68. The summed E-state index contributed by atoms with van der Waals surface area (Å²) in [4.78, 5) is 11.4. The van der Waals surface area contributed by atoms with E-state index in [0.29, 0.717) is 13.0 Å². The standard InChI is InChI=1S/C13H17N3O/c1-10-6-11(2)8-12(7-10)16-9-13(17)15-5-3-4-14/h6-8,16H,3,5,9H2,1-2H3,(H,15,17). The molecule has 0 heterocycles. The highest BCUT2D eigenvalue weighted by Gasteiger charge is 2.01. The summed E-state index contributed by atoms with van der Waals surface area (Å²) in [6, 6.07) is 8.05. The molecule has 0 spiro atoms. The molecule has 0 aromatic heterocycles. The molecule has 0 aliphatic rings. The van der Waals surface area contributed by atoms with Gasteiger partial charge in [-0.05, 0) is 37.1 Å². The first-order valence-corrected chi connectivity index (χ1v) is 5.57. The lowest BCUT2D eigenvalue weighted by atomic mass is 10.1. The second kappa shape index (κ2) is 6.54. The van der Waals surface area contributed by atoms with E-state index in [4.69, 9.17) is 5.26 Å². The Labute approximate surface area is 102 Å². The Morgan fingerprint density at radius 1 is 1.29 bits per heavy atom. The molecule has 1 rings (SSSR count). The van der Waals surface area contributed by atoms with E-state index in [9.17, 15) is 4.79 Å². The highest BCUT2D eigenvalue weighted by atomic mass is 16.1. The van der Waals surface area contributed by atoms with E-state index in [0.717, 1.165) is 16.8 Å². The van der Waals surface area contributed by atoms with Gasteiger partial charge in [0.15, 0.2) is 0 Å². The molecule has 0 saturated heterocycles. The summed E-state index contributed by atoms with van der Waals surface area (Å²) < 4.78 is 0. The Kier molecular flexibility index (Phi) is 5.02. The number of carbonyl (C=O) groups excluding carboxylic acids is 1. The van der Waals surface area contributed by atoms with E-state index in [1.165, 1.54) is 0 Å². The number of aryl methyl sites for hydroxylation is 2. The Balaban J connectivity index is 2.39. The molecule has 0 bridgehead atoms. The molecule has 0 unspecified atom stereocenters. The maximum absolute atomic E-state index is 11.4. The van der Waals surface area contributed by atoms with Crippen LogP contribution >= 0.6 is 0 Å². The van der Waals surface area contributed by atoms with Crippen LogP contribution in [0.3, 0.4) is 0 Å². The van der Waals surface area contributed by atoms with Gasteiger partial charge in [-0.2, -0.15) is 5.26 Å². The second-order valence-electron chi connectivity index (χ2n) is 3.99. The van der Waals surface area contributed by atoms with Gasteiger partial charge in [0, 0.05) is 12.2 Å². The molecule has 0 saturated carbocycles. The zero-order valence-electron chi connectivity index (χ0n) is 10.2. The van der Waals surface area contributed by atoms with Crippen molar-refractivity contribution in [3.63, 3.8) is 0 Å². The van der Waals surface area contributed by atoms with E-state index in [1.54, 1.807) is 0 Å². The number of hydrogen-bond acceptors (Lipinski definition) is 3. The number of nitrogens with zero attached hydrogens (tertiary/aromatic N) is 1. The Hall–Kier alpha value is -2.02. The van der Waals surface area contributed by atoms with Gasteiger partial charge in [-0.25, -0.2) is 0 Å². The first kappa shape index (κ1) is 13.0. The van der Waals surface area contributed by atoms with Crippen LogP contribution in [0.25, 0.3) is 0 Å². The van der Waals surface area contributed by atoms with Gasteiger partial charge in [0.1, 0.15) is 0 Å². The van der Waals surface area contributed by atoms with Crippen LogP contribution in [0.15, 0.2) is 18.2 Å². The molecule has 17 heavy (non-hydrogen) atoms. The van der Waals surface area contributed by atoms with Crippen molar-refractivity contribution < 1.29 is 4.79 Å². The first-order valence-electron chi connectivity index (χ1n) is 5.57. The fourth-order valence-corrected chi connectivity index (χ4v) is 1.58. The highest BCUT2D eigenvalue weighted by Crippen LogP contribution is 2.13. The minimum atomic E-state index is -0.0978. The summed E-state index contributed by atoms with van der Waals surface area (Å²) in [5.74, 6) is -0.0978. The van der Waals surface area contributed by atoms with Gasteiger partial charge in [-0.3, -0.25) is 4.79 Å². The molecule has 1 aromatic rings. The fourth-order valence-electron chi connectivity index (χ4n) is 1.58. The number of rotatable bonds is 5. The fraction of sp³-hybridized carbons (Fsp3) is 0.385. The Bertz CT molecular complexity index is 415.